The topological polar surface area (TPSA) is 24.9 Å². The highest BCUT2D eigenvalue weighted by molar-refractivity contribution is 7.09. The molecule has 0 aliphatic carbocycles. The Kier molecular flexibility index (Phi) is 4.15. The minimum absolute atomic E-state index is 0.360. The van der Waals surface area contributed by atoms with Crippen molar-refractivity contribution in [3.63, 3.8) is 0 Å². The Morgan fingerprint density at radius 3 is 2.33 bits per heavy atom. The lowest BCUT2D eigenvalue weighted by Crippen LogP contribution is -2.18. The summed E-state index contributed by atoms with van der Waals surface area (Å²) in [5.41, 5.74) is 7.13. The lowest BCUT2D eigenvalue weighted by Gasteiger charge is -2.16. The molecule has 0 saturated carbocycles. The van der Waals surface area contributed by atoms with E-state index in [1.165, 1.54) is 21.6 Å². The Labute approximate surface area is 113 Å². The maximum Gasteiger partial charge on any atom is 0.0798 e. The van der Waals surface area contributed by atoms with Crippen LogP contribution in [0.2, 0.25) is 0 Å². The van der Waals surface area contributed by atoms with Crippen molar-refractivity contribution in [1.82, 2.24) is 10.3 Å². The number of hydrogen-bond donors (Lipinski definition) is 1. The normalized spacial score (nSPS) is 12.7. The number of nitrogens with zero attached hydrogens (tertiary/aromatic N) is 1. The molecule has 1 aromatic heterocycles. The van der Waals surface area contributed by atoms with Gasteiger partial charge >= 0.3 is 0 Å². The zero-order valence-electron chi connectivity index (χ0n) is 11.4. The van der Waals surface area contributed by atoms with Gasteiger partial charge in [0.2, 0.25) is 0 Å². The first-order chi connectivity index (χ1) is 8.60. The number of rotatable bonds is 4. The number of aryl methyl sites for hydroxylation is 3. The zero-order valence-corrected chi connectivity index (χ0v) is 12.3. The van der Waals surface area contributed by atoms with E-state index in [4.69, 9.17) is 0 Å². The average Bonchev–Trinajstić information content (AvgIpc) is 2.71. The fourth-order valence-corrected chi connectivity index (χ4v) is 3.31. The number of likely N-dealkylation sites (N-methyl/N-ethyl adjacent to an activating group) is 1. The SMILES string of the molecule is CNC(Cc1cc(C)cc(C)c1)c1scnc1C. The summed E-state index contributed by atoms with van der Waals surface area (Å²) in [6.07, 6.45) is 1.02. The molecule has 3 heteroatoms. The van der Waals surface area contributed by atoms with Crippen LogP contribution in [0.15, 0.2) is 23.7 Å². The Balaban J connectivity index is 2.23. The van der Waals surface area contributed by atoms with Gasteiger partial charge in [-0.2, -0.15) is 0 Å². The van der Waals surface area contributed by atoms with Gasteiger partial charge < -0.3 is 5.32 Å². The molecule has 18 heavy (non-hydrogen) atoms. The minimum atomic E-state index is 0.360. The molecule has 1 unspecified atom stereocenters. The largest absolute Gasteiger partial charge is 0.312 e. The van der Waals surface area contributed by atoms with Crippen LogP contribution in [0.3, 0.4) is 0 Å². The molecule has 96 valence electrons. The molecular weight excluding hydrogens is 240 g/mol. The van der Waals surface area contributed by atoms with Gasteiger partial charge in [0.05, 0.1) is 11.2 Å². The van der Waals surface area contributed by atoms with Crippen molar-refractivity contribution < 1.29 is 0 Å². The molecule has 2 rings (SSSR count). The highest BCUT2D eigenvalue weighted by atomic mass is 32.1. The van der Waals surface area contributed by atoms with Gasteiger partial charge in [-0.25, -0.2) is 4.98 Å². The Hall–Kier alpha value is -1.19. The van der Waals surface area contributed by atoms with Crippen LogP contribution in [0, 0.1) is 20.8 Å². The van der Waals surface area contributed by atoms with E-state index in [0.717, 1.165) is 12.1 Å². The molecule has 2 aromatic rings. The summed E-state index contributed by atoms with van der Waals surface area (Å²) in [6.45, 7) is 6.39. The van der Waals surface area contributed by atoms with E-state index in [1.54, 1.807) is 11.3 Å². The van der Waals surface area contributed by atoms with E-state index < -0.39 is 0 Å². The molecule has 1 aromatic carbocycles. The Morgan fingerprint density at radius 1 is 1.17 bits per heavy atom. The van der Waals surface area contributed by atoms with Gasteiger partial charge in [0.1, 0.15) is 0 Å². The second kappa shape index (κ2) is 5.63. The second-order valence-electron chi connectivity index (χ2n) is 4.84. The van der Waals surface area contributed by atoms with Gasteiger partial charge in [-0.1, -0.05) is 29.3 Å². The van der Waals surface area contributed by atoms with Crippen molar-refractivity contribution in [3.05, 3.63) is 51.0 Å². The van der Waals surface area contributed by atoms with Crippen molar-refractivity contribution in [2.45, 2.75) is 33.2 Å². The summed E-state index contributed by atoms with van der Waals surface area (Å²) >= 11 is 1.74. The van der Waals surface area contributed by atoms with Crippen LogP contribution >= 0.6 is 11.3 Å². The van der Waals surface area contributed by atoms with E-state index >= 15 is 0 Å². The second-order valence-corrected chi connectivity index (χ2v) is 5.73. The fraction of sp³-hybridized carbons (Fsp3) is 0.400. The first kappa shape index (κ1) is 13.2. The molecule has 0 aliphatic heterocycles. The molecular formula is C15H20N2S. The minimum Gasteiger partial charge on any atom is -0.312 e. The van der Waals surface area contributed by atoms with Crippen LogP contribution < -0.4 is 5.32 Å². The highest BCUT2D eigenvalue weighted by Crippen LogP contribution is 2.25. The maximum atomic E-state index is 4.34. The maximum absolute atomic E-state index is 4.34. The number of thiazole rings is 1. The standard InChI is InChI=1S/C15H20N2S/c1-10-5-11(2)7-13(6-10)8-14(16-4)15-12(3)17-9-18-15/h5-7,9,14,16H,8H2,1-4H3. The lowest BCUT2D eigenvalue weighted by molar-refractivity contribution is 0.597. The number of hydrogen-bond acceptors (Lipinski definition) is 3. The van der Waals surface area contributed by atoms with Crippen molar-refractivity contribution >= 4 is 11.3 Å². The van der Waals surface area contributed by atoms with Crippen molar-refractivity contribution in [2.75, 3.05) is 7.05 Å². The fourth-order valence-electron chi connectivity index (χ4n) is 2.39. The van der Waals surface area contributed by atoms with Crippen LogP contribution in [0.4, 0.5) is 0 Å². The third-order valence-corrected chi connectivity index (χ3v) is 4.21. The van der Waals surface area contributed by atoms with E-state index in [0.29, 0.717) is 6.04 Å². The van der Waals surface area contributed by atoms with Crippen LogP contribution in [-0.2, 0) is 6.42 Å². The molecule has 1 atom stereocenters. The molecule has 0 spiro atoms. The van der Waals surface area contributed by atoms with E-state index in [9.17, 15) is 0 Å². The number of benzene rings is 1. The van der Waals surface area contributed by atoms with Gasteiger partial charge in [0, 0.05) is 10.9 Å². The molecule has 0 aliphatic rings. The van der Waals surface area contributed by atoms with Crippen molar-refractivity contribution in [3.8, 4) is 0 Å². The van der Waals surface area contributed by atoms with Crippen molar-refractivity contribution in [1.29, 1.82) is 0 Å². The van der Waals surface area contributed by atoms with E-state index in [-0.39, 0.29) is 0 Å². The van der Waals surface area contributed by atoms with Crippen LogP contribution in [-0.4, -0.2) is 12.0 Å². The van der Waals surface area contributed by atoms with Gasteiger partial charge in [-0.3, -0.25) is 0 Å². The molecule has 1 heterocycles. The lowest BCUT2D eigenvalue weighted by atomic mass is 10.00. The summed E-state index contributed by atoms with van der Waals surface area (Å²) < 4.78 is 0. The average molecular weight is 260 g/mol. The Bertz CT molecular complexity index is 511. The molecule has 0 radical (unpaired) electrons. The van der Waals surface area contributed by atoms with Gasteiger partial charge in [-0.15, -0.1) is 11.3 Å². The monoisotopic (exact) mass is 260 g/mol. The first-order valence-electron chi connectivity index (χ1n) is 6.24. The van der Waals surface area contributed by atoms with Crippen LogP contribution in [0.5, 0.6) is 0 Å². The number of aromatic nitrogens is 1. The van der Waals surface area contributed by atoms with Crippen LogP contribution in [0.1, 0.15) is 33.3 Å². The van der Waals surface area contributed by atoms with Gasteiger partial charge in [0.15, 0.2) is 0 Å². The van der Waals surface area contributed by atoms with Gasteiger partial charge in [0.25, 0.3) is 0 Å². The third kappa shape index (κ3) is 2.98. The smallest absolute Gasteiger partial charge is 0.0798 e. The predicted molar refractivity (Wildman–Crippen MR) is 78.3 cm³/mol. The summed E-state index contributed by atoms with van der Waals surface area (Å²) in [7, 11) is 2.02. The zero-order chi connectivity index (χ0) is 13.1. The summed E-state index contributed by atoms with van der Waals surface area (Å²) in [5, 5.41) is 3.40. The number of nitrogens with one attached hydrogen (secondary N) is 1. The first-order valence-corrected chi connectivity index (χ1v) is 7.12. The summed E-state index contributed by atoms with van der Waals surface area (Å²) in [5.74, 6) is 0. The van der Waals surface area contributed by atoms with E-state index in [2.05, 4.69) is 49.3 Å². The molecule has 0 fully saturated rings. The summed E-state index contributed by atoms with van der Waals surface area (Å²) in [4.78, 5) is 5.68. The predicted octanol–water partition coefficient (Wildman–Crippen LogP) is 3.57. The van der Waals surface area contributed by atoms with Crippen LogP contribution in [0.25, 0.3) is 0 Å². The quantitative estimate of drug-likeness (QED) is 0.909. The molecule has 0 saturated heterocycles. The molecule has 2 nitrogen and oxygen atoms in total. The molecule has 0 bridgehead atoms. The summed E-state index contributed by atoms with van der Waals surface area (Å²) in [6, 6.07) is 7.12. The Morgan fingerprint density at radius 2 is 1.83 bits per heavy atom. The van der Waals surface area contributed by atoms with Gasteiger partial charge in [-0.05, 0) is 39.8 Å². The van der Waals surface area contributed by atoms with E-state index in [1.807, 2.05) is 12.6 Å². The molecule has 0 amide bonds. The molecule has 1 N–H and O–H groups in total. The third-order valence-electron chi connectivity index (χ3n) is 3.17. The highest BCUT2D eigenvalue weighted by Gasteiger charge is 2.15. The van der Waals surface area contributed by atoms with Crippen molar-refractivity contribution in [2.24, 2.45) is 0 Å².